The van der Waals surface area contributed by atoms with Gasteiger partial charge in [0.2, 0.25) is 5.89 Å². The van der Waals surface area contributed by atoms with E-state index in [-0.39, 0.29) is 17.6 Å². The predicted octanol–water partition coefficient (Wildman–Crippen LogP) is 2.42. The Kier molecular flexibility index (Phi) is 2.56. The molecule has 0 saturated carbocycles. The van der Waals surface area contributed by atoms with E-state index in [1.165, 1.54) is 12.1 Å². The van der Waals surface area contributed by atoms with E-state index in [1.807, 2.05) is 6.92 Å². The van der Waals surface area contributed by atoms with Gasteiger partial charge < -0.3 is 14.3 Å². The number of hydrogen-bond acceptors (Lipinski definition) is 4. The van der Waals surface area contributed by atoms with Crippen LogP contribution in [0.15, 0.2) is 22.6 Å². The van der Waals surface area contributed by atoms with Crippen LogP contribution < -0.4 is 0 Å². The van der Waals surface area contributed by atoms with Crippen LogP contribution in [0, 0.1) is 0 Å². The summed E-state index contributed by atoms with van der Waals surface area (Å²) < 4.78 is 11.1. The molecule has 0 spiro atoms. The number of aromatic carboxylic acids is 1. The summed E-state index contributed by atoms with van der Waals surface area (Å²) in [4.78, 5) is 15.3. The second kappa shape index (κ2) is 4.10. The molecule has 0 bridgehead atoms. The number of aromatic nitrogens is 1. The number of fused-ring (bicyclic) bond motifs is 1. The molecule has 1 aliphatic heterocycles. The fourth-order valence-corrected chi connectivity index (χ4v) is 2.29. The molecule has 1 saturated heterocycles. The highest BCUT2D eigenvalue weighted by Gasteiger charge is 2.30. The first kappa shape index (κ1) is 11.2. The van der Waals surface area contributed by atoms with Crippen LogP contribution in [0.25, 0.3) is 11.1 Å². The summed E-state index contributed by atoms with van der Waals surface area (Å²) >= 11 is 0. The molecule has 0 radical (unpaired) electrons. The lowest BCUT2D eigenvalue weighted by Gasteiger charge is -2.08. The third kappa shape index (κ3) is 1.76. The molecule has 0 aliphatic carbocycles. The smallest absolute Gasteiger partial charge is 0.335 e. The van der Waals surface area contributed by atoms with Gasteiger partial charge in [-0.2, -0.15) is 0 Å². The van der Waals surface area contributed by atoms with Crippen LogP contribution >= 0.6 is 0 Å². The molecule has 2 atom stereocenters. The summed E-state index contributed by atoms with van der Waals surface area (Å²) in [5.41, 5.74) is 1.42. The second-order valence-electron chi connectivity index (χ2n) is 4.51. The summed E-state index contributed by atoms with van der Waals surface area (Å²) in [7, 11) is 0. The Morgan fingerprint density at radius 3 is 3.00 bits per heavy atom. The number of oxazole rings is 1. The number of ether oxygens (including phenoxy) is 1. The molecule has 2 unspecified atom stereocenters. The maximum atomic E-state index is 10.9. The molecule has 2 heterocycles. The van der Waals surface area contributed by atoms with Gasteiger partial charge >= 0.3 is 5.97 Å². The van der Waals surface area contributed by atoms with Crippen molar-refractivity contribution in [1.82, 2.24) is 4.98 Å². The van der Waals surface area contributed by atoms with Crippen molar-refractivity contribution in [2.75, 3.05) is 6.61 Å². The molecular weight excluding hydrogens is 234 g/mol. The summed E-state index contributed by atoms with van der Waals surface area (Å²) in [6.45, 7) is 2.71. The molecule has 94 valence electrons. The molecule has 1 N–H and O–H groups in total. The van der Waals surface area contributed by atoms with Crippen LogP contribution in [-0.2, 0) is 4.74 Å². The van der Waals surface area contributed by atoms with Crippen LogP contribution in [0.2, 0.25) is 0 Å². The monoisotopic (exact) mass is 247 g/mol. The van der Waals surface area contributed by atoms with Crippen molar-refractivity contribution in [2.24, 2.45) is 0 Å². The van der Waals surface area contributed by atoms with E-state index in [4.69, 9.17) is 14.3 Å². The maximum Gasteiger partial charge on any atom is 0.335 e. The first-order valence-corrected chi connectivity index (χ1v) is 5.90. The zero-order valence-electron chi connectivity index (χ0n) is 9.92. The average molecular weight is 247 g/mol. The van der Waals surface area contributed by atoms with Crippen LogP contribution in [0.4, 0.5) is 0 Å². The normalized spacial score (nSPS) is 23.6. The van der Waals surface area contributed by atoms with Gasteiger partial charge in [0.25, 0.3) is 0 Å². The second-order valence-corrected chi connectivity index (χ2v) is 4.51. The molecule has 5 nitrogen and oxygen atoms in total. The van der Waals surface area contributed by atoms with Gasteiger partial charge in [-0.1, -0.05) is 0 Å². The fourth-order valence-electron chi connectivity index (χ4n) is 2.29. The first-order valence-electron chi connectivity index (χ1n) is 5.90. The molecule has 2 aromatic rings. The minimum atomic E-state index is -0.965. The SMILES string of the molecule is CC1OCCC1c1nc2ccc(C(=O)O)cc2o1. The number of carboxylic acids is 1. The number of nitrogens with zero attached hydrogens (tertiary/aromatic N) is 1. The van der Waals surface area contributed by atoms with Crippen molar-refractivity contribution in [3.05, 3.63) is 29.7 Å². The van der Waals surface area contributed by atoms with Gasteiger partial charge in [0.1, 0.15) is 5.52 Å². The van der Waals surface area contributed by atoms with E-state index < -0.39 is 5.97 Å². The van der Waals surface area contributed by atoms with Gasteiger partial charge in [-0.15, -0.1) is 0 Å². The molecule has 1 aromatic heterocycles. The van der Waals surface area contributed by atoms with Gasteiger partial charge in [0.15, 0.2) is 5.58 Å². The van der Waals surface area contributed by atoms with Crippen molar-refractivity contribution in [3.63, 3.8) is 0 Å². The van der Waals surface area contributed by atoms with Crippen LogP contribution in [0.1, 0.15) is 35.5 Å². The Bertz CT molecular complexity index is 604. The predicted molar refractivity (Wildman–Crippen MR) is 63.7 cm³/mol. The van der Waals surface area contributed by atoms with Crippen molar-refractivity contribution >= 4 is 17.1 Å². The highest BCUT2D eigenvalue weighted by molar-refractivity contribution is 5.91. The first-order chi connectivity index (χ1) is 8.65. The number of carboxylic acid groups (broad SMARTS) is 1. The fraction of sp³-hybridized carbons (Fsp3) is 0.385. The summed E-state index contributed by atoms with van der Waals surface area (Å²) in [6.07, 6.45) is 0.983. The Balaban J connectivity index is 2.02. The quantitative estimate of drug-likeness (QED) is 0.882. The molecule has 5 heteroatoms. The van der Waals surface area contributed by atoms with Crippen molar-refractivity contribution in [1.29, 1.82) is 0 Å². The Morgan fingerprint density at radius 2 is 2.33 bits per heavy atom. The zero-order valence-corrected chi connectivity index (χ0v) is 9.92. The molecule has 1 aliphatic rings. The molecule has 18 heavy (non-hydrogen) atoms. The van der Waals surface area contributed by atoms with E-state index in [1.54, 1.807) is 6.07 Å². The number of rotatable bonds is 2. The number of carbonyl (C=O) groups is 1. The molecule has 0 amide bonds. The topological polar surface area (TPSA) is 72.6 Å². The Morgan fingerprint density at radius 1 is 1.50 bits per heavy atom. The van der Waals surface area contributed by atoms with Crippen LogP contribution in [0.5, 0.6) is 0 Å². The van der Waals surface area contributed by atoms with Crippen molar-refractivity contribution < 1.29 is 19.1 Å². The average Bonchev–Trinajstić information content (AvgIpc) is 2.92. The number of hydrogen-bond donors (Lipinski definition) is 1. The van der Waals surface area contributed by atoms with Crippen LogP contribution in [-0.4, -0.2) is 28.8 Å². The molecule has 3 rings (SSSR count). The molecule has 1 fully saturated rings. The lowest BCUT2D eigenvalue weighted by atomic mass is 10.0. The van der Waals surface area contributed by atoms with Gasteiger partial charge in [-0.25, -0.2) is 9.78 Å². The minimum Gasteiger partial charge on any atom is -0.478 e. The number of benzene rings is 1. The van der Waals surface area contributed by atoms with E-state index in [0.29, 0.717) is 23.6 Å². The molecule has 1 aromatic carbocycles. The summed E-state index contributed by atoms with van der Waals surface area (Å²) in [5.74, 6) is -0.171. The third-order valence-corrected chi connectivity index (χ3v) is 3.35. The van der Waals surface area contributed by atoms with Gasteiger partial charge in [-0.05, 0) is 31.5 Å². The van der Waals surface area contributed by atoms with E-state index in [0.717, 1.165) is 6.42 Å². The summed E-state index contributed by atoms with van der Waals surface area (Å²) in [5, 5.41) is 8.92. The van der Waals surface area contributed by atoms with Crippen molar-refractivity contribution in [3.8, 4) is 0 Å². The maximum absolute atomic E-state index is 10.9. The van der Waals surface area contributed by atoms with Gasteiger partial charge in [0.05, 0.1) is 17.6 Å². The van der Waals surface area contributed by atoms with Gasteiger partial charge in [0, 0.05) is 6.61 Å². The van der Waals surface area contributed by atoms with E-state index in [9.17, 15) is 4.79 Å². The third-order valence-electron chi connectivity index (χ3n) is 3.35. The zero-order chi connectivity index (χ0) is 12.7. The summed E-state index contributed by atoms with van der Waals surface area (Å²) in [6, 6.07) is 4.71. The van der Waals surface area contributed by atoms with Crippen LogP contribution in [0.3, 0.4) is 0 Å². The Hall–Kier alpha value is -1.88. The van der Waals surface area contributed by atoms with E-state index in [2.05, 4.69) is 4.98 Å². The minimum absolute atomic E-state index is 0.0945. The highest BCUT2D eigenvalue weighted by atomic mass is 16.5. The molecular formula is C13H13NO4. The largest absolute Gasteiger partial charge is 0.478 e. The lowest BCUT2D eigenvalue weighted by molar-refractivity contribution is 0.0697. The Labute approximate surface area is 103 Å². The highest BCUT2D eigenvalue weighted by Crippen LogP contribution is 2.32. The standard InChI is InChI=1S/C13H13NO4/c1-7-9(4-5-17-7)12-14-10-3-2-8(13(15)16)6-11(10)18-12/h2-3,6-7,9H,4-5H2,1H3,(H,15,16). The van der Waals surface area contributed by atoms with Crippen molar-refractivity contribution in [2.45, 2.75) is 25.4 Å². The lowest BCUT2D eigenvalue weighted by Crippen LogP contribution is -2.09. The van der Waals surface area contributed by atoms with Gasteiger partial charge in [-0.3, -0.25) is 0 Å². The van der Waals surface area contributed by atoms with E-state index >= 15 is 0 Å².